The highest BCUT2D eigenvalue weighted by Crippen LogP contribution is 2.32. The topological polar surface area (TPSA) is 92.5 Å². The Morgan fingerprint density at radius 2 is 1.88 bits per heavy atom. The van der Waals surface area contributed by atoms with E-state index in [1.54, 1.807) is 29.2 Å². The van der Waals surface area contributed by atoms with Crippen LogP contribution in [-0.4, -0.2) is 43.3 Å². The molecule has 1 saturated heterocycles. The van der Waals surface area contributed by atoms with Gasteiger partial charge < -0.3 is 9.32 Å². The van der Waals surface area contributed by atoms with Gasteiger partial charge >= 0.3 is 0 Å². The van der Waals surface area contributed by atoms with Crippen LogP contribution in [0.3, 0.4) is 0 Å². The maximum Gasteiger partial charge on any atom is 0.254 e. The maximum atomic E-state index is 13.2. The van der Waals surface area contributed by atoms with Crippen molar-refractivity contribution in [3.05, 3.63) is 58.4 Å². The number of carbonyl (C=O) groups excluding carboxylic acids is 1. The fourth-order valence-corrected chi connectivity index (χ4v) is 5.58. The van der Waals surface area contributed by atoms with Crippen molar-refractivity contribution in [3.8, 4) is 0 Å². The first kappa shape index (κ1) is 21.4. The van der Waals surface area contributed by atoms with Gasteiger partial charge in [0.05, 0.1) is 4.90 Å². The molecular formula is C23H24ClN3O4S. The number of piperidine rings is 1. The number of hydrogen-bond acceptors (Lipinski definition) is 5. The summed E-state index contributed by atoms with van der Waals surface area (Å²) < 4.78 is 33.7. The summed E-state index contributed by atoms with van der Waals surface area (Å²) in [6.45, 7) is 2.94. The van der Waals surface area contributed by atoms with Crippen LogP contribution in [0, 0.1) is 6.92 Å². The predicted molar refractivity (Wildman–Crippen MR) is 121 cm³/mol. The monoisotopic (exact) mass is 473 g/mol. The van der Waals surface area contributed by atoms with Crippen molar-refractivity contribution in [2.75, 3.05) is 13.1 Å². The molecule has 32 heavy (non-hydrogen) atoms. The van der Waals surface area contributed by atoms with Crippen LogP contribution in [0.2, 0.25) is 5.02 Å². The smallest absolute Gasteiger partial charge is 0.254 e. The summed E-state index contributed by atoms with van der Waals surface area (Å²) in [6, 6.07) is 10.1. The zero-order valence-corrected chi connectivity index (χ0v) is 19.2. The fraction of sp³-hybridized carbons (Fsp3) is 0.391. The molecule has 0 radical (unpaired) electrons. The van der Waals surface area contributed by atoms with Crippen molar-refractivity contribution in [2.24, 2.45) is 0 Å². The van der Waals surface area contributed by atoms with Crippen molar-refractivity contribution in [2.45, 2.75) is 49.5 Å². The number of rotatable bonds is 5. The molecule has 0 unspecified atom stereocenters. The van der Waals surface area contributed by atoms with Crippen molar-refractivity contribution >= 4 is 38.6 Å². The van der Waals surface area contributed by atoms with Crippen LogP contribution in [-0.2, 0) is 10.0 Å². The summed E-state index contributed by atoms with van der Waals surface area (Å²) in [5, 5.41) is 0.615. The average molecular weight is 474 g/mol. The highest BCUT2D eigenvalue weighted by atomic mass is 35.5. The standard InChI is InChI=1S/C23H24ClN3O4S/c1-14-2-6-18(32(29,30)26-17-4-5-17)13-19(14)23(28)27-10-8-15(9-11-27)22-25-20-12-16(24)3-7-21(20)31-22/h2-3,6-7,12-13,15,17,26H,4-5,8-11H2,1H3. The number of carbonyl (C=O) groups is 1. The molecule has 2 aromatic carbocycles. The van der Waals surface area contributed by atoms with Crippen LogP contribution in [0.4, 0.5) is 0 Å². The Morgan fingerprint density at radius 3 is 2.59 bits per heavy atom. The van der Waals surface area contributed by atoms with Gasteiger partial charge in [-0.25, -0.2) is 18.1 Å². The molecule has 1 aromatic heterocycles. The van der Waals surface area contributed by atoms with Gasteiger partial charge in [0.1, 0.15) is 5.52 Å². The molecule has 1 amide bonds. The van der Waals surface area contributed by atoms with Crippen LogP contribution in [0.5, 0.6) is 0 Å². The second-order valence-corrected chi connectivity index (χ2v) is 10.8. The molecule has 3 aromatic rings. The minimum Gasteiger partial charge on any atom is -0.440 e. The molecule has 1 aliphatic heterocycles. The summed E-state index contributed by atoms with van der Waals surface area (Å²) >= 11 is 6.04. The number of sulfonamides is 1. The van der Waals surface area contributed by atoms with Gasteiger partial charge in [-0.05, 0) is 68.5 Å². The van der Waals surface area contributed by atoms with E-state index in [0.29, 0.717) is 35.1 Å². The van der Waals surface area contributed by atoms with Crippen molar-refractivity contribution in [3.63, 3.8) is 0 Å². The van der Waals surface area contributed by atoms with E-state index in [9.17, 15) is 13.2 Å². The summed E-state index contributed by atoms with van der Waals surface area (Å²) in [5.74, 6) is 0.652. The first-order valence-electron chi connectivity index (χ1n) is 10.8. The Kier molecular flexibility index (Phi) is 5.47. The molecule has 1 aliphatic carbocycles. The van der Waals surface area contributed by atoms with Gasteiger partial charge in [-0.1, -0.05) is 17.7 Å². The number of likely N-dealkylation sites (tertiary alicyclic amines) is 1. The van der Waals surface area contributed by atoms with Crippen LogP contribution < -0.4 is 4.72 Å². The second-order valence-electron chi connectivity index (χ2n) is 8.60. The summed E-state index contributed by atoms with van der Waals surface area (Å²) in [6.07, 6.45) is 3.18. The molecule has 168 valence electrons. The van der Waals surface area contributed by atoms with Crippen LogP contribution >= 0.6 is 11.6 Å². The summed E-state index contributed by atoms with van der Waals surface area (Å²) in [7, 11) is -3.61. The second kappa shape index (κ2) is 8.17. The van der Waals surface area contributed by atoms with Crippen molar-refractivity contribution in [1.82, 2.24) is 14.6 Å². The third-order valence-corrected chi connectivity index (χ3v) is 7.90. The Hall–Kier alpha value is -2.42. The molecule has 0 atom stereocenters. The van der Waals surface area contributed by atoms with E-state index in [1.807, 2.05) is 13.0 Å². The first-order chi connectivity index (χ1) is 15.3. The van der Waals surface area contributed by atoms with E-state index < -0.39 is 10.0 Å². The Morgan fingerprint density at radius 1 is 1.12 bits per heavy atom. The number of aryl methyl sites for hydroxylation is 1. The molecule has 2 fully saturated rings. The Labute approximate surface area is 191 Å². The quantitative estimate of drug-likeness (QED) is 0.598. The number of fused-ring (bicyclic) bond motifs is 1. The lowest BCUT2D eigenvalue weighted by atomic mass is 9.96. The lowest BCUT2D eigenvalue weighted by molar-refractivity contribution is 0.0705. The SMILES string of the molecule is Cc1ccc(S(=O)(=O)NC2CC2)cc1C(=O)N1CCC(c2nc3cc(Cl)ccc3o2)CC1. The summed E-state index contributed by atoms with van der Waals surface area (Å²) in [4.78, 5) is 19.7. The predicted octanol–water partition coefficient (Wildman–Crippen LogP) is 4.25. The molecular weight excluding hydrogens is 450 g/mol. The number of nitrogens with one attached hydrogen (secondary N) is 1. The molecule has 0 spiro atoms. The minimum atomic E-state index is -3.61. The number of benzene rings is 2. The molecule has 2 aliphatic rings. The molecule has 0 bridgehead atoms. The van der Waals surface area contributed by atoms with Gasteiger partial charge in [0.2, 0.25) is 10.0 Å². The molecule has 5 rings (SSSR count). The van der Waals surface area contributed by atoms with Crippen LogP contribution in [0.1, 0.15) is 53.4 Å². The van der Waals surface area contributed by atoms with E-state index in [0.717, 1.165) is 36.8 Å². The number of amides is 1. The van der Waals surface area contributed by atoms with Gasteiger partial charge in [-0.15, -0.1) is 0 Å². The molecule has 7 nitrogen and oxygen atoms in total. The maximum absolute atomic E-state index is 13.2. The molecule has 9 heteroatoms. The van der Waals surface area contributed by atoms with E-state index in [2.05, 4.69) is 9.71 Å². The van der Waals surface area contributed by atoms with E-state index in [1.165, 1.54) is 6.07 Å². The van der Waals surface area contributed by atoms with Crippen molar-refractivity contribution < 1.29 is 17.6 Å². The van der Waals surface area contributed by atoms with Gasteiger partial charge in [0.25, 0.3) is 5.91 Å². The minimum absolute atomic E-state index is 0.0161. The third kappa shape index (κ3) is 4.27. The average Bonchev–Trinajstić information content (AvgIpc) is 3.47. The largest absolute Gasteiger partial charge is 0.440 e. The van der Waals surface area contributed by atoms with Gasteiger partial charge in [-0.2, -0.15) is 0 Å². The zero-order valence-electron chi connectivity index (χ0n) is 17.7. The number of halogens is 1. The zero-order chi connectivity index (χ0) is 22.5. The highest BCUT2D eigenvalue weighted by Gasteiger charge is 2.31. The Balaban J connectivity index is 1.30. The number of hydrogen-bond donors (Lipinski definition) is 1. The van der Waals surface area contributed by atoms with Crippen LogP contribution in [0.15, 0.2) is 45.7 Å². The van der Waals surface area contributed by atoms with E-state index in [4.69, 9.17) is 16.0 Å². The van der Waals surface area contributed by atoms with E-state index >= 15 is 0 Å². The van der Waals surface area contributed by atoms with Gasteiger partial charge in [-0.3, -0.25) is 4.79 Å². The molecule has 2 heterocycles. The molecule has 1 saturated carbocycles. The van der Waals surface area contributed by atoms with Crippen LogP contribution in [0.25, 0.3) is 11.1 Å². The first-order valence-corrected chi connectivity index (χ1v) is 12.6. The van der Waals surface area contributed by atoms with E-state index in [-0.39, 0.29) is 22.8 Å². The van der Waals surface area contributed by atoms with Gasteiger partial charge in [0.15, 0.2) is 11.5 Å². The lowest BCUT2D eigenvalue weighted by Crippen LogP contribution is -2.38. The number of aromatic nitrogens is 1. The number of nitrogens with zero attached hydrogens (tertiary/aromatic N) is 2. The summed E-state index contributed by atoms with van der Waals surface area (Å²) in [5.41, 5.74) is 2.63. The molecule has 1 N–H and O–H groups in total. The Bertz CT molecular complexity index is 1290. The highest BCUT2D eigenvalue weighted by molar-refractivity contribution is 7.89. The normalized spacial score (nSPS) is 17.8. The fourth-order valence-electron chi connectivity index (χ4n) is 4.08. The lowest BCUT2D eigenvalue weighted by Gasteiger charge is -2.31. The third-order valence-electron chi connectivity index (χ3n) is 6.15. The number of oxazole rings is 1. The van der Waals surface area contributed by atoms with Crippen molar-refractivity contribution in [1.29, 1.82) is 0 Å². The van der Waals surface area contributed by atoms with Gasteiger partial charge in [0, 0.05) is 35.6 Å².